The van der Waals surface area contributed by atoms with Gasteiger partial charge >= 0.3 is 0 Å². The number of fused-ring (bicyclic) bond motifs is 12. The van der Waals surface area contributed by atoms with E-state index in [1.165, 1.54) is 279 Å². The molecule has 0 fully saturated rings. The maximum absolute atomic E-state index is 14.0. The number of amides is 2. The lowest BCUT2D eigenvalue weighted by Crippen LogP contribution is -2.10. The minimum absolute atomic E-state index is 0.0175. The van der Waals surface area contributed by atoms with Gasteiger partial charge in [0.05, 0.1) is 0 Å². The highest BCUT2D eigenvalue weighted by Gasteiger charge is 2.09. The van der Waals surface area contributed by atoms with E-state index in [9.17, 15) is 9.59 Å². The van der Waals surface area contributed by atoms with Crippen LogP contribution in [-0.4, -0.2) is 11.8 Å². The van der Waals surface area contributed by atoms with Crippen molar-refractivity contribution in [3.63, 3.8) is 0 Å². The van der Waals surface area contributed by atoms with Crippen LogP contribution < -0.4 is 10.6 Å². The van der Waals surface area contributed by atoms with Gasteiger partial charge in [0.25, 0.3) is 0 Å². The molecule has 0 unspecified atom stereocenters. The van der Waals surface area contributed by atoms with Crippen molar-refractivity contribution >= 4 is 87.8 Å². The van der Waals surface area contributed by atoms with E-state index in [-0.39, 0.29) is 11.8 Å². The molecule has 2 amide bonds. The molecule has 2 N–H and O–H groups in total. The average molecular weight is 1840 g/mol. The van der Waals surface area contributed by atoms with Gasteiger partial charge in [-0.25, -0.2) is 0 Å². The summed E-state index contributed by atoms with van der Waals surface area (Å²) in [6.45, 7) is 13.6. The highest BCUT2D eigenvalue weighted by Crippen LogP contribution is 2.25. The first kappa shape index (κ1) is 114. The fourth-order valence-corrected chi connectivity index (χ4v) is 17.7. The summed E-state index contributed by atoms with van der Waals surface area (Å²) in [7, 11) is 0. The molecule has 0 aliphatic carbocycles. The number of carbonyl (C=O) groups is 2. The smallest absolute Gasteiger partial charge is 0.224 e. The molecule has 12 bridgehead atoms. The molecular weight excluding hydrogens is 1670 g/mol. The van der Waals surface area contributed by atoms with Crippen molar-refractivity contribution in [1.29, 1.82) is 0 Å². The minimum atomic E-state index is -0.0175. The molecule has 4 nitrogen and oxygen atoms in total. The lowest BCUT2D eigenvalue weighted by atomic mass is 10.0. The zero-order valence-electron chi connectivity index (χ0n) is 86.9. The van der Waals surface area contributed by atoms with E-state index in [2.05, 4.69) is 269 Å². The maximum atomic E-state index is 14.0. The first-order chi connectivity index (χ1) is 68.1. The number of anilines is 2. The topological polar surface area (TPSA) is 58.2 Å². The van der Waals surface area contributed by atoms with Crippen LogP contribution in [0.1, 0.15) is 462 Å². The Morgan fingerprint density at radius 1 is 0.188 bits per heavy atom. The summed E-state index contributed by atoms with van der Waals surface area (Å²) in [4.78, 5) is 28.0. The predicted octanol–water partition coefficient (Wildman–Crippen LogP) is 38.0. The summed E-state index contributed by atoms with van der Waals surface area (Å²) in [5, 5.41) is 16.5. The van der Waals surface area contributed by atoms with Crippen molar-refractivity contribution in [3.05, 3.63) is 229 Å². The molecule has 4 heteroatoms. The summed E-state index contributed by atoms with van der Waals surface area (Å²) >= 11 is 0. The van der Waals surface area contributed by atoms with Crippen LogP contribution in [0.25, 0.3) is 64.6 Å². The van der Waals surface area contributed by atoms with Crippen molar-refractivity contribution in [3.8, 4) is 47.4 Å². The van der Waals surface area contributed by atoms with Crippen molar-refractivity contribution in [2.45, 2.75) is 465 Å². The Bertz CT molecular complexity index is 4690. The van der Waals surface area contributed by atoms with Crippen molar-refractivity contribution < 1.29 is 9.59 Å². The van der Waals surface area contributed by atoms with Gasteiger partial charge in [-0.2, -0.15) is 0 Å². The number of rotatable bonds is 66. The van der Waals surface area contributed by atoms with E-state index in [0.29, 0.717) is 24.2 Å². The number of hydrogen-bond donors (Lipinski definition) is 2. The van der Waals surface area contributed by atoms with Gasteiger partial charge in [0, 0.05) is 115 Å². The standard InChI is InChI=1S/C134H170N2O2/c1-7-13-19-25-31-33-35-37-39-41-43-45-47-49-51-53-55-57-59-61-67-73-87-133(137)135-131-111-127-93-89-123-101-115(79-69-63-27-21-15-9-3)97-119(105-123)83-75-77-85-121-99-117(81-71-65-29-23-17-11-5)103-125(107-121)91-95-129-110-130(114-132(113-129)136-134(138)88-74-68-62-60-58-56-54-52-50-48-46-44-42-40-38-36-34-32-26-20-14-8-2)96-92-126-104-118(82-72-66-30-24-18-12-6)100-122(108-126)86-78-76-84-120-98-116(80-70-64-28-22-16-10-4)102-124(106-120)90-94-128(109-127)112-131/h97-114H,7-44,53-74,79-82,87-88H2,1-6H3,(H,135,137)(H,136,138). The van der Waals surface area contributed by atoms with E-state index in [0.717, 1.165) is 219 Å². The summed E-state index contributed by atoms with van der Waals surface area (Å²) < 4.78 is 0. The fraction of sp³-hybridized carbons (Fsp3) is 0.537. The molecule has 0 aliphatic heterocycles. The lowest BCUT2D eigenvalue weighted by Gasteiger charge is -2.05. The van der Waals surface area contributed by atoms with Crippen molar-refractivity contribution in [1.82, 2.24) is 0 Å². The Morgan fingerprint density at radius 3 is 0.543 bits per heavy atom. The summed E-state index contributed by atoms with van der Waals surface area (Å²) in [5.41, 5.74) is 6.12. The molecule has 0 aromatic heterocycles. The predicted molar refractivity (Wildman–Crippen MR) is 593 cm³/mol. The average Bonchev–Trinajstić information content (AvgIpc) is 0.843. The second-order valence-corrected chi connectivity index (χ2v) is 38.8. The van der Waals surface area contributed by atoms with Crippen LogP contribution in [0.3, 0.4) is 0 Å². The van der Waals surface area contributed by atoms with Crippen LogP contribution in [0.4, 0.5) is 11.4 Å². The molecule has 0 radical (unpaired) electrons. The summed E-state index contributed by atoms with van der Waals surface area (Å²) in [6.07, 6.45) is 76.1. The molecule has 0 atom stereocenters. The molecule has 138 heavy (non-hydrogen) atoms. The minimum Gasteiger partial charge on any atom is -0.326 e. The third-order valence-electron chi connectivity index (χ3n) is 25.7. The lowest BCUT2D eigenvalue weighted by molar-refractivity contribution is -0.117. The third kappa shape index (κ3) is 57.4. The second kappa shape index (κ2) is 77.9. The highest BCUT2D eigenvalue weighted by atomic mass is 16.2. The fourth-order valence-electron chi connectivity index (χ4n) is 17.7. The van der Waals surface area contributed by atoms with Gasteiger partial charge in [0.2, 0.25) is 11.8 Å². The van der Waals surface area contributed by atoms with Gasteiger partial charge in [-0.3, -0.25) is 9.59 Å². The number of carbonyl (C=O) groups excluding carboxylic acids is 2. The number of hydrogen-bond acceptors (Lipinski definition) is 2. The quantitative estimate of drug-likeness (QED) is 0.0295. The summed E-state index contributed by atoms with van der Waals surface area (Å²) in [5.74, 6) is 25.5. The Balaban J connectivity index is 1.24. The van der Waals surface area contributed by atoms with Crippen molar-refractivity contribution in [2.24, 2.45) is 0 Å². The van der Waals surface area contributed by atoms with Crippen LogP contribution in [0, 0.1) is 144 Å². The highest BCUT2D eigenvalue weighted by molar-refractivity contribution is 5.94. The number of nitrogens with one attached hydrogen (secondary N) is 2. The Kier molecular flexibility index (Phi) is 64.3. The Morgan fingerprint density at radius 2 is 0.348 bits per heavy atom. The van der Waals surface area contributed by atoms with E-state index < -0.39 is 0 Å². The normalized spacial score (nSPS) is 10.4. The molecule has 728 valence electrons. The Hall–Kier alpha value is -11.0. The monoisotopic (exact) mass is 1840 g/mol. The zero-order valence-corrected chi connectivity index (χ0v) is 86.9. The van der Waals surface area contributed by atoms with Gasteiger partial charge in [-0.1, -0.05) is 433 Å². The van der Waals surface area contributed by atoms with Gasteiger partial charge in [0.15, 0.2) is 0 Å². The van der Waals surface area contributed by atoms with E-state index in [1.54, 1.807) is 0 Å². The van der Waals surface area contributed by atoms with Gasteiger partial charge in [-0.05, 0) is 269 Å². The van der Waals surface area contributed by atoms with Crippen molar-refractivity contribution in [2.75, 3.05) is 10.6 Å². The van der Waals surface area contributed by atoms with Gasteiger partial charge < -0.3 is 10.6 Å². The second-order valence-electron chi connectivity index (χ2n) is 38.8. The Labute approximate surface area is 843 Å². The molecule has 7 rings (SSSR count). The molecular formula is C134H170N2O2. The number of benzene rings is 6. The summed E-state index contributed by atoms with van der Waals surface area (Å²) in [6, 6.07) is 93.5. The molecule has 0 aliphatic rings. The van der Waals surface area contributed by atoms with E-state index >= 15 is 0 Å². The third-order valence-corrected chi connectivity index (χ3v) is 25.7. The first-order valence-electron chi connectivity index (χ1n) is 55.6. The van der Waals surface area contributed by atoms with E-state index in [1.807, 2.05) is 36.4 Å². The van der Waals surface area contributed by atoms with Crippen LogP contribution in [0.15, 0.2) is 109 Å². The molecule has 7 aromatic rings. The number of aryl methyl sites for hydroxylation is 4. The van der Waals surface area contributed by atoms with Crippen LogP contribution in [0.2, 0.25) is 0 Å². The first-order valence-corrected chi connectivity index (χ1v) is 55.6. The zero-order chi connectivity index (χ0) is 97.3. The molecule has 0 spiro atoms. The van der Waals surface area contributed by atoms with Crippen LogP contribution in [0.5, 0.6) is 0 Å². The van der Waals surface area contributed by atoms with Gasteiger partial charge in [0.1, 0.15) is 0 Å². The SMILES string of the molecule is CCCCCCCCCCCCC#CC#CCCCCCCCCC(=O)Nc1cc2c#cc3cc(CCCCCCCC)cc(c#cc#cc4cc(CCCCCCCC)cc(c#cc5cc(NC(=O)CCCCCCCCC#CC#CCCCCCCCCCCCC)cc(c#cc6cc(CCCCCCCC)cc(c#cc#cc7cc(CCCCCCCC)cc(c#cc(c1)c2)c7)c6)c5)c4)c3. The molecule has 7 aromatic carbocycles. The van der Waals surface area contributed by atoms with E-state index in [4.69, 9.17) is 0 Å². The molecule has 0 heterocycles. The number of unbranched alkanes of at least 4 members (excludes halogenated alkanes) is 52. The molecule has 0 saturated carbocycles. The molecule has 0 saturated heterocycles. The van der Waals surface area contributed by atoms with Crippen LogP contribution in [-0.2, 0) is 35.3 Å². The van der Waals surface area contributed by atoms with Gasteiger partial charge in [-0.15, -0.1) is 0 Å². The maximum Gasteiger partial charge on any atom is 0.224 e. The largest absolute Gasteiger partial charge is 0.326 e. The van der Waals surface area contributed by atoms with Crippen LogP contribution >= 0.6 is 0 Å².